The van der Waals surface area contributed by atoms with E-state index in [1.54, 1.807) is 18.2 Å². The highest BCUT2D eigenvalue weighted by Crippen LogP contribution is 2.11. The molecule has 0 aliphatic carbocycles. The molecule has 8 heteroatoms. The van der Waals surface area contributed by atoms with Crippen molar-refractivity contribution in [2.45, 2.75) is 0 Å². The molecule has 0 heterocycles. The first-order valence-corrected chi connectivity index (χ1v) is 6.81. The van der Waals surface area contributed by atoms with Gasteiger partial charge in [0.15, 0.2) is 0 Å². The lowest BCUT2D eigenvalue weighted by atomic mass is 10.2. The van der Waals surface area contributed by atoms with Crippen LogP contribution in [0.1, 0.15) is 10.4 Å². The number of carbonyl (C=O) groups excluding carboxylic acids is 1. The van der Waals surface area contributed by atoms with Gasteiger partial charge in [-0.05, 0) is 18.2 Å². The molecule has 0 spiro atoms. The Hall–Kier alpha value is -0.630. The van der Waals surface area contributed by atoms with Gasteiger partial charge in [-0.2, -0.15) is 8.42 Å². The number of carbonyl (C=O) groups is 1. The van der Waals surface area contributed by atoms with E-state index >= 15 is 0 Å². The van der Waals surface area contributed by atoms with Crippen LogP contribution in [0.4, 0.5) is 0 Å². The molecule has 0 radical (unpaired) electrons. The second-order valence-electron chi connectivity index (χ2n) is 2.41. The predicted octanol–water partition coefficient (Wildman–Crippen LogP) is 2.26. The lowest BCUT2D eigenvalue weighted by Gasteiger charge is -1.97. The van der Waals surface area contributed by atoms with Crippen LogP contribution in [0.2, 0.25) is 0 Å². The fraction of sp³-hybridized carbons (Fsp3) is 0.125. The Balaban J connectivity index is 0.000000385. The summed E-state index contributed by atoms with van der Waals surface area (Å²) in [6.45, 7) is 0. The van der Waals surface area contributed by atoms with Crippen LogP contribution in [0.3, 0.4) is 0 Å². The maximum absolute atomic E-state index is 10.9. The Labute approximate surface area is 106 Å². The van der Waals surface area contributed by atoms with E-state index in [0.717, 1.165) is 4.47 Å². The number of benzene rings is 1. The van der Waals surface area contributed by atoms with E-state index in [0.29, 0.717) is 5.56 Å². The monoisotopic (exact) mass is 330 g/mol. The Bertz CT molecular complexity index is 451. The van der Waals surface area contributed by atoms with Crippen LogP contribution in [-0.2, 0) is 14.1 Å². The van der Waals surface area contributed by atoms with E-state index in [1.165, 1.54) is 7.11 Å². The van der Waals surface area contributed by atoms with Gasteiger partial charge in [0, 0.05) is 15.2 Å². The number of rotatable bonds is 1. The first-order valence-electron chi connectivity index (χ1n) is 3.75. The van der Waals surface area contributed by atoms with Gasteiger partial charge in [0.25, 0.3) is 0 Å². The number of ether oxygens (including phenoxy) is 1. The molecule has 0 unspecified atom stereocenters. The van der Waals surface area contributed by atoms with Gasteiger partial charge < -0.3 is 4.74 Å². The van der Waals surface area contributed by atoms with Crippen molar-refractivity contribution >= 4 is 41.9 Å². The average molecular weight is 332 g/mol. The lowest BCUT2D eigenvalue weighted by molar-refractivity contribution is 0.0600. The van der Waals surface area contributed by atoms with E-state index in [9.17, 15) is 4.79 Å². The number of esters is 1. The molecule has 5 nitrogen and oxygen atoms in total. The van der Waals surface area contributed by atoms with Gasteiger partial charge in [-0.1, -0.05) is 22.0 Å². The minimum absolute atomic E-state index is 0.314. The zero-order valence-corrected chi connectivity index (χ0v) is 11.2. The van der Waals surface area contributed by atoms with E-state index in [4.69, 9.17) is 13.0 Å². The van der Waals surface area contributed by atoms with Gasteiger partial charge in [-0.25, -0.2) is 4.79 Å². The van der Waals surface area contributed by atoms with Crippen LogP contribution in [0, 0.1) is 0 Å². The smallest absolute Gasteiger partial charge is 0.353 e. The molecule has 1 rings (SSSR count). The van der Waals surface area contributed by atoms with Crippen LogP contribution in [0.5, 0.6) is 0 Å². The van der Waals surface area contributed by atoms with Crippen LogP contribution in [0.15, 0.2) is 28.7 Å². The first kappa shape index (κ1) is 15.4. The molecule has 90 valence electrons. The van der Waals surface area contributed by atoms with Gasteiger partial charge in [0.2, 0.25) is 0 Å². The first-order chi connectivity index (χ1) is 7.24. The molecule has 0 saturated heterocycles. The van der Waals surface area contributed by atoms with Gasteiger partial charge in [-0.15, -0.1) is 0 Å². The standard InChI is InChI=1S/C8H7BrO2.ClHO3S/c1-11-8(10)6-3-2-4-7(9)5-6;1-5(2,3)4/h2-5H,1H3;(H,2,3,4). The molecule has 0 saturated carbocycles. The Morgan fingerprint density at radius 3 is 2.38 bits per heavy atom. The van der Waals surface area contributed by atoms with Crippen molar-refractivity contribution in [2.75, 3.05) is 7.11 Å². The van der Waals surface area contributed by atoms with Crippen molar-refractivity contribution in [3.05, 3.63) is 34.3 Å². The molecule has 0 bridgehead atoms. The van der Waals surface area contributed by atoms with E-state index < -0.39 is 9.33 Å². The quantitative estimate of drug-likeness (QED) is 0.485. The number of hydrogen-bond donors (Lipinski definition) is 1. The molecule has 0 aromatic heterocycles. The van der Waals surface area contributed by atoms with Crippen molar-refractivity contribution in [1.29, 1.82) is 0 Å². The van der Waals surface area contributed by atoms with Crippen molar-refractivity contribution < 1.29 is 22.5 Å². The van der Waals surface area contributed by atoms with Crippen molar-refractivity contribution in [1.82, 2.24) is 0 Å². The summed E-state index contributed by atoms with van der Waals surface area (Å²) < 4.78 is 30.6. The van der Waals surface area contributed by atoms with Crippen LogP contribution in [-0.4, -0.2) is 26.0 Å². The molecule has 16 heavy (non-hydrogen) atoms. The van der Waals surface area contributed by atoms with Crippen LogP contribution >= 0.6 is 26.6 Å². The molecule has 0 fully saturated rings. The van der Waals surface area contributed by atoms with Crippen LogP contribution in [0.25, 0.3) is 0 Å². The minimum Gasteiger partial charge on any atom is -0.465 e. The molecule has 1 aromatic carbocycles. The van der Waals surface area contributed by atoms with E-state index in [-0.39, 0.29) is 5.97 Å². The number of hydrogen-bond acceptors (Lipinski definition) is 4. The third kappa shape index (κ3) is 8.66. The molecular weight excluding hydrogens is 324 g/mol. The highest BCUT2D eigenvalue weighted by molar-refractivity contribution is 9.10. The molecule has 0 amide bonds. The van der Waals surface area contributed by atoms with E-state index in [2.05, 4.69) is 31.3 Å². The number of halogens is 2. The summed E-state index contributed by atoms with van der Waals surface area (Å²) in [7, 11) is 1.23. The second kappa shape index (κ2) is 6.85. The maximum Gasteiger partial charge on any atom is 0.353 e. The number of methoxy groups -OCH3 is 1. The van der Waals surface area contributed by atoms with Gasteiger partial charge in [0.1, 0.15) is 0 Å². The predicted molar refractivity (Wildman–Crippen MR) is 62.9 cm³/mol. The summed E-state index contributed by atoms with van der Waals surface area (Å²) >= 11 is 3.25. The fourth-order valence-electron chi connectivity index (χ4n) is 0.733. The molecular formula is C8H8BrClO5S. The molecule has 0 aliphatic rings. The summed E-state index contributed by atoms with van der Waals surface area (Å²) in [6, 6.07) is 7.06. The minimum atomic E-state index is -4.19. The SMILES string of the molecule is COC(=O)c1cccc(Br)c1.O=S(=O)(O)Cl. The van der Waals surface area contributed by atoms with Crippen LogP contribution < -0.4 is 0 Å². The topological polar surface area (TPSA) is 80.7 Å². The van der Waals surface area contributed by atoms with Gasteiger partial charge >= 0.3 is 15.3 Å². The van der Waals surface area contributed by atoms with E-state index in [1.807, 2.05) is 6.07 Å². The Morgan fingerprint density at radius 2 is 2.00 bits per heavy atom. The third-order valence-corrected chi connectivity index (χ3v) is 1.74. The second-order valence-corrected chi connectivity index (χ2v) is 5.32. The lowest BCUT2D eigenvalue weighted by Crippen LogP contribution is -2.00. The summed E-state index contributed by atoms with van der Waals surface area (Å²) in [5.41, 5.74) is 0.557. The third-order valence-electron chi connectivity index (χ3n) is 1.25. The summed E-state index contributed by atoms with van der Waals surface area (Å²) in [5.74, 6) is -0.314. The maximum atomic E-state index is 10.9. The Kier molecular flexibility index (Phi) is 6.58. The highest BCUT2D eigenvalue weighted by Gasteiger charge is 2.03. The largest absolute Gasteiger partial charge is 0.465 e. The van der Waals surface area contributed by atoms with Gasteiger partial charge in [-0.3, -0.25) is 4.55 Å². The Morgan fingerprint density at radius 1 is 1.50 bits per heavy atom. The zero-order valence-electron chi connectivity index (χ0n) is 8.05. The molecule has 1 aromatic rings. The van der Waals surface area contributed by atoms with Crippen molar-refractivity contribution in [3.63, 3.8) is 0 Å². The molecule has 1 N–H and O–H groups in total. The summed E-state index contributed by atoms with van der Waals surface area (Å²) in [6.07, 6.45) is 0. The fourth-order valence-corrected chi connectivity index (χ4v) is 1.13. The highest BCUT2D eigenvalue weighted by atomic mass is 79.9. The molecule has 0 atom stereocenters. The van der Waals surface area contributed by atoms with Crippen molar-refractivity contribution in [3.8, 4) is 0 Å². The normalized spacial score (nSPS) is 10.0. The van der Waals surface area contributed by atoms with Gasteiger partial charge in [0.05, 0.1) is 12.7 Å². The molecule has 0 aliphatic heterocycles. The average Bonchev–Trinajstić information content (AvgIpc) is 2.14. The summed E-state index contributed by atoms with van der Waals surface area (Å²) in [4.78, 5) is 10.9. The zero-order chi connectivity index (χ0) is 12.8. The summed E-state index contributed by atoms with van der Waals surface area (Å²) in [5, 5.41) is 0. The van der Waals surface area contributed by atoms with Crippen molar-refractivity contribution in [2.24, 2.45) is 0 Å².